The van der Waals surface area contributed by atoms with Crippen LogP contribution in [0.5, 0.6) is 0 Å². The van der Waals surface area contributed by atoms with Gasteiger partial charge in [0.25, 0.3) is 0 Å². The van der Waals surface area contributed by atoms with Crippen LogP contribution in [0, 0.1) is 6.92 Å². The van der Waals surface area contributed by atoms with Crippen molar-refractivity contribution >= 4 is 0 Å². The van der Waals surface area contributed by atoms with Crippen LogP contribution in [0.15, 0.2) is 24.3 Å². The lowest BCUT2D eigenvalue weighted by Crippen LogP contribution is -2.40. The summed E-state index contributed by atoms with van der Waals surface area (Å²) in [6.45, 7) is 2.51. The second-order valence-electron chi connectivity index (χ2n) is 5.11. The minimum atomic E-state index is -0.596. The van der Waals surface area contributed by atoms with Crippen molar-refractivity contribution in [2.24, 2.45) is 5.73 Å². The van der Waals surface area contributed by atoms with Crippen molar-refractivity contribution in [1.29, 1.82) is 0 Å². The summed E-state index contributed by atoms with van der Waals surface area (Å²) in [5, 5.41) is 10.1. The normalized spacial score (nSPS) is 30.3. The third kappa shape index (κ3) is 2.45. The zero-order valence-corrected chi connectivity index (χ0v) is 9.95. The molecule has 2 rings (SSSR count). The molecule has 0 spiro atoms. The summed E-state index contributed by atoms with van der Waals surface area (Å²) in [6.07, 6.45) is 3.78. The van der Waals surface area contributed by atoms with Crippen LogP contribution in [0.1, 0.15) is 42.7 Å². The van der Waals surface area contributed by atoms with Gasteiger partial charge < -0.3 is 10.8 Å². The molecule has 2 nitrogen and oxygen atoms in total. The zero-order valence-electron chi connectivity index (χ0n) is 9.95. The van der Waals surface area contributed by atoms with Gasteiger partial charge >= 0.3 is 0 Å². The molecule has 1 saturated carbocycles. The van der Waals surface area contributed by atoms with Gasteiger partial charge in [0.2, 0.25) is 0 Å². The van der Waals surface area contributed by atoms with Gasteiger partial charge in [-0.25, -0.2) is 0 Å². The minimum absolute atomic E-state index is 0.396. The van der Waals surface area contributed by atoms with Gasteiger partial charge in [0, 0.05) is 6.54 Å². The van der Waals surface area contributed by atoms with Gasteiger partial charge in [-0.15, -0.1) is 0 Å². The quantitative estimate of drug-likeness (QED) is 0.802. The van der Waals surface area contributed by atoms with Crippen molar-refractivity contribution < 1.29 is 5.11 Å². The number of hydrogen-bond acceptors (Lipinski definition) is 2. The average molecular weight is 219 g/mol. The topological polar surface area (TPSA) is 46.2 Å². The highest BCUT2D eigenvalue weighted by Crippen LogP contribution is 2.37. The molecule has 0 saturated heterocycles. The summed E-state index contributed by atoms with van der Waals surface area (Å²) in [4.78, 5) is 0. The fourth-order valence-electron chi connectivity index (χ4n) is 2.53. The third-order valence-corrected chi connectivity index (χ3v) is 3.85. The summed E-state index contributed by atoms with van der Waals surface area (Å²) in [7, 11) is 0. The van der Waals surface area contributed by atoms with Crippen LogP contribution in [-0.2, 0) is 0 Å². The van der Waals surface area contributed by atoms with Crippen molar-refractivity contribution in [3.8, 4) is 0 Å². The predicted octanol–water partition coefficient (Wildman–Crippen LogP) is 2.34. The first kappa shape index (κ1) is 11.6. The number of benzene rings is 1. The second-order valence-corrected chi connectivity index (χ2v) is 5.11. The van der Waals surface area contributed by atoms with Gasteiger partial charge in [-0.05, 0) is 44.1 Å². The number of rotatable bonds is 2. The summed E-state index contributed by atoms with van der Waals surface area (Å²) >= 11 is 0. The first-order chi connectivity index (χ1) is 7.63. The van der Waals surface area contributed by atoms with Gasteiger partial charge in [-0.3, -0.25) is 0 Å². The van der Waals surface area contributed by atoms with Crippen molar-refractivity contribution in [2.75, 3.05) is 6.54 Å². The number of hydrogen-bond donors (Lipinski definition) is 2. The number of nitrogens with two attached hydrogens (primary N) is 1. The molecular formula is C14H21NO. The highest BCUT2D eigenvalue weighted by atomic mass is 16.3. The molecule has 0 radical (unpaired) electrons. The third-order valence-electron chi connectivity index (χ3n) is 3.85. The standard InChI is InChI=1S/C14H21NO/c1-11-2-4-12(5-3-11)13-6-8-14(16,10-15)9-7-13/h2-5,13,16H,6-10,15H2,1H3. The van der Waals surface area contributed by atoms with E-state index in [9.17, 15) is 5.11 Å². The molecule has 2 heteroatoms. The first-order valence-corrected chi connectivity index (χ1v) is 6.12. The van der Waals surface area contributed by atoms with Gasteiger partial charge in [0.15, 0.2) is 0 Å². The van der Waals surface area contributed by atoms with E-state index in [1.54, 1.807) is 0 Å². The lowest BCUT2D eigenvalue weighted by atomic mass is 9.76. The van der Waals surface area contributed by atoms with Gasteiger partial charge in [-0.1, -0.05) is 29.8 Å². The maximum absolute atomic E-state index is 10.1. The van der Waals surface area contributed by atoms with Crippen molar-refractivity contribution in [1.82, 2.24) is 0 Å². The van der Waals surface area contributed by atoms with Crippen molar-refractivity contribution in [3.05, 3.63) is 35.4 Å². The van der Waals surface area contributed by atoms with E-state index in [1.807, 2.05) is 0 Å². The van der Waals surface area contributed by atoms with E-state index in [0.29, 0.717) is 12.5 Å². The highest BCUT2D eigenvalue weighted by molar-refractivity contribution is 5.25. The molecule has 16 heavy (non-hydrogen) atoms. The van der Waals surface area contributed by atoms with Crippen LogP contribution in [0.2, 0.25) is 0 Å². The van der Waals surface area contributed by atoms with Crippen LogP contribution < -0.4 is 5.73 Å². The van der Waals surface area contributed by atoms with E-state index in [2.05, 4.69) is 31.2 Å². The Hall–Kier alpha value is -0.860. The molecule has 1 aromatic rings. The Morgan fingerprint density at radius 3 is 2.31 bits per heavy atom. The monoisotopic (exact) mass is 219 g/mol. The lowest BCUT2D eigenvalue weighted by Gasteiger charge is -2.35. The van der Waals surface area contributed by atoms with Crippen LogP contribution in [0.4, 0.5) is 0 Å². The molecule has 0 aromatic heterocycles. The molecule has 0 amide bonds. The number of aliphatic hydroxyl groups is 1. The maximum Gasteiger partial charge on any atom is 0.0769 e. The van der Waals surface area contributed by atoms with Crippen LogP contribution in [0.3, 0.4) is 0 Å². The molecule has 1 fully saturated rings. The molecule has 1 aliphatic rings. The zero-order chi connectivity index (χ0) is 11.6. The Kier molecular flexibility index (Phi) is 3.31. The Morgan fingerprint density at radius 1 is 1.25 bits per heavy atom. The van der Waals surface area contributed by atoms with Crippen molar-refractivity contribution in [2.45, 2.75) is 44.1 Å². The molecule has 0 heterocycles. The van der Waals surface area contributed by atoms with Crippen LogP contribution >= 0.6 is 0 Å². The molecule has 0 bridgehead atoms. The molecule has 0 unspecified atom stereocenters. The predicted molar refractivity (Wildman–Crippen MR) is 66.4 cm³/mol. The Bertz CT molecular complexity index is 336. The van der Waals surface area contributed by atoms with E-state index in [1.165, 1.54) is 11.1 Å². The van der Waals surface area contributed by atoms with E-state index in [-0.39, 0.29) is 0 Å². The van der Waals surface area contributed by atoms with E-state index < -0.39 is 5.60 Å². The molecule has 3 N–H and O–H groups in total. The van der Waals surface area contributed by atoms with Gasteiger partial charge in [0.1, 0.15) is 0 Å². The minimum Gasteiger partial charge on any atom is -0.389 e. The first-order valence-electron chi connectivity index (χ1n) is 6.12. The fourth-order valence-corrected chi connectivity index (χ4v) is 2.53. The van der Waals surface area contributed by atoms with Gasteiger partial charge in [-0.2, -0.15) is 0 Å². The summed E-state index contributed by atoms with van der Waals surface area (Å²) < 4.78 is 0. The average Bonchev–Trinajstić information content (AvgIpc) is 2.32. The lowest BCUT2D eigenvalue weighted by molar-refractivity contribution is 0.00767. The van der Waals surface area contributed by atoms with E-state index >= 15 is 0 Å². The molecule has 88 valence electrons. The molecule has 1 aromatic carbocycles. The van der Waals surface area contributed by atoms with Crippen LogP contribution in [-0.4, -0.2) is 17.3 Å². The maximum atomic E-state index is 10.1. The summed E-state index contributed by atoms with van der Waals surface area (Å²) in [5.74, 6) is 0.604. The Labute approximate surface area is 97.5 Å². The summed E-state index contributed by atoms with van der Waals surface area (Å²) in [6, 6.07) is 8.76. The Morgan fingerprint density at radius 2 is 1.81 bits per heavy atom. The smallest absolute Gasteiger partial charge is 0.0769 e. The second kappa shape index (κ2) is 4.56. The molecule has 0 atom stereocenters. The Balaban J connectivity index is 2.01. The number of aryl methyl sites for hydroxylation is 1. The molecular weight excluding hydrogens is 198 g/mol. The van der Waals surface area contributed by atoms with E-state index in [0.717, 1.165) is 25.7 Å². The fraction of sp³-hybridized carbons (Fsp3) is 0.571. The van der Waals surface area contributed by atoms with Gasteiger partial charge in [0.05, 0.1) is 5.60 Å². The largest absolute Gasteiger partial charge is 0.389 e. The van der Waals surface area contributed by atoms with Crippen LogP contribution in [0.25, 0.3) is 0 Å². The SMILES string of the molecule is Cc1ccc(C2CCC(O)(CN)CC2)cc1. The molecule has 1 aliphatic carbocycles. The highest BCUT2D eigenvalue weighted by Gasteiger charge is 2.32. The molecule has 0 aliphatic heterocycles. The summed E-state index contributed by atoms with van der Waals surface area (Å²) in [5.41, 5.74) is 7.71. The van der Waals surface area contributed by atoms with E-state index in [4.69, 9.17) is 5.73 Å². The van der Waals surface area contributed by atoms with Crippen molar-refractivity contribution in [3.63, 3.8) is 0 Å².